The maximum Gasteiger partial charge on any atom is 0.147 e. The van der Waals surface area contributed by atoms with E-state index in [1.807, 2.05) is 18.3 Å². The van der Waals surface area contributed by atoms with E-state index in [2.05, 4.69) is 65.1 Å². The van der Waals surface area contributed by atoms with E-state index in [0.717, 1.165) is 33.1 Å². The third kappa shape index (κ3) is 1.59. The van der Waals surface area contributed by atoms with Crippen LogP contribution in [0.2, 0.25) is 0 Å². The van der Waals surface area contributed by atoms with Gasteiger partial charge in [0.05, 0.1) is 22.1 Å². The predicted octanol–water partition coefficient (Wildman–Crippen LogP) is 5.34. The SMILES string of the molecule is c1ccc2c(c1)ccc1c3ncccc3n3c4ccccc4nc3c21. The lowest BCUT2D eigenvalue weighted by Crippen LogP contribution is -1.93. The van der Waals surface area contributed by atoms with Crippen molar-refractivity contribution < 1.29 is 0 Å². The van der Waals surface area contributed by atoms with Crippen LogP contribution in [-0.2, 0) is 0 Å². The molecule has 0 N–H and O–H groups in total. The summed E-state index contributed by atoms with van der Waals surface area (Å²) in [5, 5.41) is 4.75. The van der Waals surface area contributed by atoms with Gasteiger partial charge in [-0.05, 0) is 35.0 Å². The van der Waals surface area contributed by atoms with E-state index in [1.54, 1.807) is 0 Å². The van der Waals surface area contributed by atoms with Crippen LogP contribution in [0.5, 0.6) is 0 Å². The molecule has 0 saturated heterocycles. The first-order chi connectivity index (χ1) is 12.4. The third-order valence-corrected chi connectivity index (χ3v) is 5.00. The van der Waals surface area contributed by atoms with Gasteiger partial charge >= 0.3 is 0 Å². The van der Waals surface area contributed by atoms with Crippen LogP contribution in [0.15, 0.2) is 79.0 Å². The van der Waals surface area contributed by atoms with Crippen molar-refractivity contribution in [2.45, 2.75) is 0 Å². The van der Waals surface area contributed by atoms with Gasteiger partial charge in [0.25, 0.3) is 0 Å². The Bertz CT molecular complexity index is 1440. The summed E-state index contributed by atoms with van der Waals surface area (Å²) in [6, 6.07) is 25.2. The lowest BCUT2D eigenvalue weighted by molar-refractivity contribution is 1.29. The minimum absolute atomic E-state index is 0.994. The van der Waals surface area contributed by atoms with Crippen molar-refractivity contribution in [2.24, 2.45) is 0 Å². The fraction of sp³-hybridized carbons (Fsp3) is 0. The lowest BCUT2D eigenvalue weighted by atomic mass is 10.0. The summed E-state index contributed by atoms with van der Waals surface area (Å²) in [7, 11) is 0. The predicted molar refractivity (Wildman–Crippen MR) is 103 cm³/mol. The molecule has 0 aliphatic rings. The Morgan fingerprint density at radius 3 is 2.52 bits per heavy atom. The van der Waals surface area contributed by atoms with Crippen molar-refractivity contribution in [3.63, 3.8) is 0 Å². The van der Waals surface area contributed by atoms with Crippen LogP contribution in [0.25, 0.3) is 49.3 Å². The molecule has 3 aromatic carbocycles. The van der Waals surface area contributed by atoms with Gasteiger partial charge in [-0.3, -0.25) is 9.38 Å². The average molecular weight is 319 g/mol. The molecule has 0 amide bonds. The molecule has 3 nitrogen and oxygen atoms in total. The molecule has 0 bridgehead atoms. The third-order valence-electron chi connectivity index (χ3n) is 5.00. The molecule has 0 atom stereocenters. The molecule has 3 aromatic heterocycles. The molecular weight excluding hydrogens is 306 g/mol. The van der Waals surface area contributed by atoms with Crippen LogP contribution in [0.1, 0.15) is 0 Å². The van der Waals surface area contributed by atoms with Crippen LogP contribution >= 0.6 is 0 Å². The zero-order chi connectivity index (χ0) is 16.4. The Balaban J connectivity index is 2.08. The van der Waals surface area contributed by atoms with Gasteiger partial charge in [0.15, 0.2) is 0 Å². The molecule has 0 saturated carbocycles. The summed E-state index contributed by atoms with van der Waals surface area (Å²) in [5.74, 6) is 0. The monoisotopic (exact) mass is 319 g/mol. The number of hydrogen-bond acceptors (Lipinski definition) is 2. The van der Waals surface area contributed by atoms with Crippen LogP contribution < -0.4 is 0 Å². The standard InChI is InChI=1S/C22H13N3/c1-2-7-15-14(6-1)11-12-16-20(15)22-24-17-8-3-4-9-18(17)25(22)19-10-5-13-23-21(16)19/h1-13H. The van der Waals surface area contributed by atoms with Crippen LogP contribution in [0.4, 0.5) is 0 Å². The highest BCUT2D eigenvalue weighted by Crippen LogP contribution is 2.35. The molecule has 25 heavy (non-hydrogen) atoms. The van der Waals surface area contributed by atoms with Gasteiger partial charge in [-0.15, -0.1) is 0 Å². The van der Waals surface area contributed by atoms with E-state index in [9.17, 15) is 0 Å². The second kappa shape index (κ2) is 4.54. The summed E-state index contributed by atoms with van der Waals surface area (Å²) in [6.45, 7) is 0. The maximum absolute atomic E-state index is 4.98. The molecule has 0 spiro atoms. The van der Waals surface area contributed by atoms with Crippen LogP contribution in [-0.4, -0.2) is 14.4 Å². The van der Waals surface area contributed by atoms with Crippen molar-refractivity contribution >= 4 is 49.3 Å². The summed E-state index contributed by atoms with van der Waals surface area (Å²) in [6.07, 6.45) is 1.86. The van der Waals surface area contributed by atoms with Crippen molar-refractivity contribution in [3.05, 3.63) is 79.0 Å². The number of para-hydroxylation sites is 2. The molecule has 6 rings (SSSR count). The molecule has 6 aromatic rings. The van der Waals surface area contributed by atoms with E-state index in [-0.39, 0.29) is 0 Å². The number of rotatable bonds is 0. The van der Waals surface area contributed by atoms with Gasteiger partial charge < -0.3 is 0 Å². The molecule has 0 aliphatic carbocycles. The summed E-state index contributed by atoms with van der Waals surface area (Å²) in [4.78, 5) is 9.68. The Hall–Kier alpha value is -3.46. The zero-order valence-corrected chi connectivity index (χ0v) is 13.3. The second-order valence-electron chi connectivity index (χ2n) is 6.34. The van der Waals surface area contributed by atoms with E-state index < -0.39 is 0 Å². The lowest BCUT2D eigenvalue weighted by Gasteiger charge is -2.10. The van der Waals surface area contributed by atoms with Crippen molar-refractivity contribution in [1.29, 1.82) is 0 Å². The molecule has 3 heterocycles. The highest BCUT2D eigenvalue weighted by atomic mass is 15.0. The zero-order valence-electron chi connectivity index (χ0n) is 13.3. The summed E-state index contributed by atoms with van der Waals surface area (Å²) in [5.41, 5.74) is 5.22. The highest BCUT2D eigenvalue weighted by Gasteiger charge is 2.15. The first kappa shape index (κ1) is 12.9. The quantitative estimate of drug-likeness (QED) is 0.354. The number of hydrogen-bond donors (Lipinski definition) is 0. The Morgan fingerprint density at radius 2 is 1.52 bits per heavy atom. The van der Waals surface area contributed by atoms with Crippen molar-refractivity contribution in [3.8, 4) is 0 Å². The Labute approximate surface area is 143 Å². The number of benzene rings is 3. The van der Waals surface area contributed by atoms with E-state index in [1.165, 1.54) is 16.2 Å². The fourth-order valence-electron chi connectivity index (χ4n) is 3.93. The largest absolute Gasteiger partial charge is 0.290 e. The first-order valence-corrected chi connectivity index (χ1v) is 8.37. The first-order valence-electron chi connectivity index (χ1n) is 8.37. The van der Waals surface area contributed by atoms with Gasteiger partial charge in [0.2, 0.25) is 0 Å². The number of fused-ring (bicyclic) bond motifs is 10. The fourth-order valence-corrected chi connectivity index (χ4v) is 3.93. The van der Waals surface area contributed by atoms with Crippen molar-refractivity contribution in [2.75, 3.05) is 0 Å². The Kier molecular flexibility index (Phi) is 2.35. The minimum atomic E-state index is 0.994. The molecule has 116 valence electrons. The Morgan fingerprint density at radius 1 is 0.680 bits per heavy atom. The second-order valence-corrected chi connectivity index (χ2v) is 6.34. The van der Waals surface area contributed by atoms with Gasteiger partial charge in [-0.1, -0.05) is 48.5 Å². The molecule has 0 fully saturated rings. The van der Waals surface area contributed by atoms with Crippen LogP contribution in [0, 0.1) is 0 Å². The molecule has 0 radical (unpaired) electrons. The summed E-state index contributed by atoms with van der Waals surface area (Å²) >= 11 is 0. The van der Waals surface area contributed by atoms with E-state index in [4.69, 9.17) is 9.97 Å². The van der Waals surface area contributed by atoms with Crippen molar-refractivity contribution in [1.82, 2.24) is 14.4 Å². The molecular formula is C22H13N3. The molecule has 0 aliphatic heterocycles. The van der Waals surface area contributed by atoms with E-state index in [0.29, 0.717) is 0 Å². The summed E-state index contributed by atoms with van der Waals surface area (Å²) < 4.78 is 2.24. The number of aromatic nitrogens is 3. The average Bonchev–Trinajstić information content (AvgIpc) is 3.07. The number of pyridine rings is 2. The van der Waals surface area contributed by atoms with Crippen LogP contribution in [0.3, 0.4) is 0 Å². The van der Waals surface area contributed by atoms with E-state index >= 15 is 0 Å². The van der Waals surface area contributed by atoms with Gasteiger partial charge in [-0.2, -0.15) is 0 Å². The van der Waals surface area contributed by atoms with Gasteiger partial charge in [0.1, 0.15) is 5.65 Å². The molecule has 0 unspecified atom stereocenters. The van der Waals surface area contributed by atoms with Gasteiger partial charge in [-0.25, -0.2) is 4.98 Å². The number of imidazole rings is 1. The topological polar surface area (TPSA) is 30.2 Å². The molecule has 3 heteroatoms. The maximum atomic E-state index is 4.98. The number of nitrogens with zero attached hydrogens (tertiary/aromatic N) is 3. The minimum Gasteiger partial charge on any atom is -0.290 e. The van der Waals surface area contributed by atoms with Gasteiger partial charge in [0, 0.05) is 17.0 Å². The normalized spacial score (nSPS) is 12.0. The highest BCUT2D eigenvalue weighted by molar-refractivity contribution is 6.22. The smallest absolute Gasteiger partial charge is 0.147 e.